The topological polar surface area (TPSA) is 68.2 Å². The van der Waals surface area contributed by atoms with E-state index in [9.17, 15) is 9.90 Å². The molecule has 3 N–H and O–H groups in total. The summed E-state index contributed by atoms with van der Waals surface area (Å²) in [5, 5.41) is 10.3. The highest BCUT2D eigenvalue weighted by Crippen LogP contribution is 2.26. The zero-order valence-electron chi connectivity index (χ0n) is 10.7. The first kappa shape index (κ1) is 12.6. The highest BCUT2D eigenvalue weighted by molar-refractivity contribution is 6.03. The first-order chi connectivity index (χ1) is 8.54. The molecule has 1 aromatic heterocycles. The molecule has 18 heavy (non-hydrogen) atoms. The van der Waals surface area contributed by atoms with Crippen LogP contribution in [0.25, 0.3) is 10.9 Å². The largest absolute Gasteiger partial charge is 0.478 e. The molecule has 2 rings (SSSR count). The molecule has 0 spiro atoms. The fourth-order valence-electron chi connectivity index (χ4n) is 2.36. The Morgan fingerprint density at radius 2 is 2.11 bits per heavy atom. The van der Waals surface area contributed by atoms with Gasteiger partial charge in [-0.2, -0.15) is 0 Å². The molecule has 0 atom stereocenters. The SMILES string of the molecule is Cc1cc(C(=O)O)c2c(c1)c(C)cn2CCCN. The minimum atomic E-state index is -0.879. The zero-order valence-corrected chi connectivity index (χ0v) is 10.7. The van der Waals surface area contributed by atoms with Gasteiger partial charge in [0, 0.05) is 18.1 Å². The van der Waals surface area contributed by atoms with Crippen LogP contribution in [0.4, 0.5) is 0 Å². The van der Waals surface area contributed by atoms with Crippen LogP contribution in [-0.2, 0) is 6.54 Å². The molecule has 1 aromatic carbocycles. The summed E-state index contributed by atoms with van der Waals surface area (Å²) in [5.41, 5.74) is 8.77. The van der Waals surface area contributed by atoms with Gasteiger partial charge < -0.3 is 15.4 Å². The minimum absolute atomic E-state index is 0.370. The average Bonchev–Trinajstić information content (AvgIpc) is 2.62. The summed E-state index contributed by atoms with van der Waals surface area (Å²) < 4.78 is 2.00. The molecule has 4 nitrogen and oxygen atoms in total. The Labute approximate surface area is 106 Å². The molecule has 0 amide bonds. The summed E-state index contributed by atoms with van der Waals surface area (Å²) in [6.45, 7) is 5.28. The number of hydrogen-bond acceptors (Lipinski definition) is 2. The Morgan fingerprint density at radius 3 is 2.72 bits per heavy atom. The molecule has 0 aliphatic carbocycles. The van der Waals surface area contributed by atoms with Crippen molar-refractivity contribution in [1.29, 1.82) is 0 Å². The second-order valence-corrected chi connectivity index (χ2v) is 4.66. The molecule has 0 fully saturated rings. The molecule has 2 aromatic rings. The van der Waals surface area contributed by atoms with Gasteiger partial charge in [0.25, 0.3) is 0 Å². The first-order valence-corrected chi connectivity index (χ1v) is 6.08. The average molecular weight is 246 g/mol. The zero-order chi connectivity index (χ0) is 13.3. The highest BCUT2D eigenvalue weighted by atomic mass is 16.4. The van der Waals surface area contributed by atoms with Gasteiger partial charge in [0.15, 0.2) is 0 Å². The van der Waals surface area contributed by atoms with Crippen LogP contribution in [0.3, 0.4) is 0 Å². The van der Waals surface area contributed by atoms with Crippen LogP contribution in [0.2, 0.25) is 0 Å². The molecule has 0 saturated heterocycles. The van der Waals surface area contributed by atoms with Crippen molar-refractivity contribution in [2.45, 2.75) is 26.8 Å². The summed E-state index contributed by atoms with van der Waals surface area (Å²) in [5.74, 6) is -0.879. The monoisotopic (exact) mass is 246 g/mol. The maximum Gasteiger partial charge on any atom is 0.337 e. The van der Waals surface area contributed by atoms with Crippen LogP contribution < -0.4 is 5.73 Å². The third-order valence-corrected chi connectivity index (χ3v) is 3.15. The van der Waals surface area contributed by atoms with Gasteiger partial charge in [-0.3, -0.25) is 0 Å². The van der Waals surface area contributed by atoms with Gasteiger partial charge in [0.05, 0.1) is 11.1 Å². The van der Waals surface area contributed by atoms with Crippen LogP contribution in [0.15, 0.2) is 18.3 Å². The smallest absolute Gasteiger partial charge is 0.337 e. The predicted molar refractivity (Wildman–Crippen MR) is 72.0 cm³/mol. The Kier molecular flexibility index (Phi) is 3.39. The first-order valence-electron chi connectivity index (χ1n) is 6.08. The number of carbonyl (C=O) groups is 1. The van der Waals surface area contributed by atoms with Gasteiger partial charge in [-0.25, -0.2) is 4.79 Å². The quantitative estimate of drug-likeness (QED) is 0.869. The molecule has 0 unspecified atom stereocenters. The van der Waals surface area contributed by atoms with Crippen LogP contribution in [-0.4, -0.2) is 22.2 Å². The van der Waals surface area contributed by atoms with E-state index in [4.69, 9.17) is 5.73 Å². The number of hydrogen-bond donors (Lipinski definition) is 2. The van der Waals surface area contributed by atoms with Gasteiger partial charge in [0.2, 0.25) is 0 Å². The number of aromatic nitrogens is 1. The van der Waals surface area contributed by atoms with Gasteiger partial charge in [-0.05, 0) is 50.1 Å². The number of nitrogens with two attached hydrogens (primary N) is 1. The van der Waals surface area contributed by atoms with E-state index in [2.05, 4.69) is 0 Å². The molecular formula is C14H18N2O2. The Hall–Kier alpha value is -1.81. The minimum Gasteiger partial charge on any atom is -0.478 e. The summed E-state index contributed by atoms with van der Waals surface area (Å²) in [6, 6.07) is 3.76. The molecule has 0 bridgehead atoms. The number of aromatic carboxylic acids is 1. The van der Waals surface area contributed by atoms with Gasteiger partial charge in [-0.15, -0.1) is 0 Å². The van der Waals surface area contributed by atoms with E-state index in [1.807, 2.05) is 30.7 Å². The van der Waals surface area contributed by atoms with E-state index in [0.29, 0.717) is 12.1 Å². The Balaban J connectivity index is 2.69. The van der Waals surface area contributed by atoms with Crippen LogP contribution in [0.5, 0.6) is 0 Å². The van der Waals surface area contributed by atoms with Crippen molar-refractivity contribution in [2.24, 2.45) is 5.73 Å². The van der Waals surface area contributed by atoms with Crippen molar-refractivity contribution in [3.8, 4) is 0 Å². The van der Waals surface area contributed by atoms with Crippen LogP contribution in [0.1, 0.15) is 27.9 Å². The van der Waals surface area contributed by atoms with Gasteiger partial charge >= 0.3 is 5.97 Å². The van der Waals surface area contributed by atoms with Crippen molar-refractivity contribution in [1.82, 2.24) is 4.57 Å². The fourth-order valence-corrected chi connectivity index (χ4v) is 2.36. The van der Waals surface area contributed by atoms with Crippen molar-refractivity contribution in [2.75, 3.05) is 6.54 Å². The molecule has 4 heteroatoms. The summed E-state index contributed by atoms with van der Waals surface area (Å²) in [4.78, 5) is 11.4. The lowest BCUT2D eigenvalue weighted by Gasteiger charge is -2.07. The number of fused-ring (bicyclic) bond motifs is 1. The second-order valence-electron chi connectivity index (χ2n) is 4.66. The maximum absolute atomic E-state index is 11.4. The van der Waals surface area contributed by atoms with Crippen molar-refractivity contribution in [3.05, 3.63) is 35.0 Å². The van der Waals surface area contributed by atoms with Crippen molar-refractivity contribution >= 4 is 16.9 Å². The van der Waals surface area contributed by atoms with E-state index >= 15 is 0 Å². The third kappa shape index (κ3) is 2.11. The van der Waals surface area contributed by atoms with Gasteiger partial charge in [0.1, 0.15) is 0 Å². The molecule has 0 aliphatic rings. The molecule has 1 heterocycles. The Bertz CT molecular complexity index is 599. The predicted octanol–water partition coefficient (Wildman–Crippen LogP) is 2.31. The van der Waals surface area contributed by atoms with E-state index < -0.39 is 5.97 Å². The lowest BCUT2D eigenvalue weighted by Crippen LogP contribution is -2.07. The van der Waals surface area contributed by atoms with Crippen molar-refractivity contribution < 1.29 is 9.90 Å². The number of carboxylic acid groups (broad SMARTS) is 1. The summed E-state index contributed by atoms with van der Waals surface area (Å²) in [6.07, 6.45) is 2.85. The standard InChI is InChI=1S/C14H18N2O2/c1-9-6-11-10(2)8-16(5-3-4-15)13(11)12(7-9)14(17)18/h6-8H,3-5,15H2,1-2H3,(H,17,18). The van der Waals surface area contributed by atoms with Crippen molar-refractivity contribution in [3.63, 3.8) is 0 Å². The highest BCUT2D eigenvalue weighted by Gasteiger charge is 2.15. The summed E-state index contributed by atoms with van der Waals surface area (Å²) in [7, 11) is 0. The Morgan fingerprint density at radius 1 is 1.39 bits per heavy atom. The molecule has 96 valence electrons. The third-order valence-electron chi connectivity index (χ3n) is 3.15. The van der Waals surface area contributed by atoms with E-state index in [1.54, 1.807) is 6.07 Å². The van der Waals surface area contributed by atoms with Gasteiger partial charge in [-0.1, -0.05) is 0 Å². The fraction of sp³-hybridized carbons (Fsp3) is 0.357. The maximum atomic E-state index is 11.4. The molecule has 0 aliphatic heterocycles. The molecule has 0 radical (unpaired) electrons. The number of nitrogens with zero attached hydrogens (tertiary/aromatic N) is 1. The number of carboxylic acids is 1. The number of aryl methyl sites for hydroxylation is 3. The molecular weight excluding hydrogens is 228 g/mol. The number of rotatable bonds is 4. The van der Waals surface area contributed by atoms with E-state index in [0.717, 1.165) is 35.0 Å². The second kappa shape index (κ2) is 4.82. The van der Waals surface area contributed by atoms with E-state index in [-0.39, 0.29) is 0 Å². The molecule has 0 saturated carbocycles. The normalized spacial score (nSPS) is 11.1. The van der Waals surface area contributed by atoms with E-state index in [1.165, 1.54) is 0 Å². The lowest BCUT2D eigenvalue weighted by molar-refractivity contribution is 0.0698. The van der Waals surface area contributed by atoms with Crippen LogP contribution in [0, 0.1) is 13.8 Å². The summed E-state index contributed by atoms with van der Waals surface area (Å²) >= 11 is 0. The number of benzene rings is 1. The lowest BCUT2D eigenvalue weighted by atomic mass is 10.1. The van der Waals surface area contributed by atoms with Crippen LogP contribution >= 0.6 is 0 Å².